The number of carbonyl (C=O) groups is 1. The van der Waals surface area contributed by atoms with Crippen LogP contribution in [0.15, 0.2) is 4.42 Å². The van der Waals surface area contributed by atoms with Gasteiger partial charge in [-0.05, 0) is 6.42 Å². The summed E-state index contributed by atoms with van der Waals surface area (Å²) in [7, 11) is 0. The van der Waals surface area contributed by atoms with E-state index in [0.717, 1.165) is 6.42 Å². The summed E-state index contributed by atoms with van der Waals surface area (Å²) in [6, 6.07) is 0.545. The minimum atomic E-state index is 0.0893. The van der Waals surface area contributed by atoms with Crippen molar-refractivity contribution in [3.8, 4) is 0 Å². The molecule has 1 unspecified atom stereocenters. The van der Waals surface area contributed by atoms with Crippen LogP contribution in [0.5, 0.6) is 0 Å². The smallest absolute Gasteiger partial charge is 0.315 e. The molecule has 0 bridgehead atoms. The van der Waals surface area contributed by atoms with Crippen LogP contribution in [0.1, 0.15) is 18.7 Å². The van der Waals surface area contributed by atoms with Crippen LogP contribution in [0.2, 0.25) is 0 Å². The SMILES string of the molecule is O=C1CCC(Nc2nnc(CCCl)o2)CN1. The molecular weight excluding hydrogens is 232 g/mol. The van der Waals surface area contributed by atoms with E-state index in [1.54, 1.807) is 0 Å². The van der Waals surface area contributed by atoms with Crippen molar-refractivity contribution in [2.45, 2.75) is 25.3 Å². The summed E-state index contributed by atoms with van der Waals surface area (Å²) >= 11 is 5.56. The Kier molecular flexibility index (Phi) is 3.61. The molecule has 2 heterocycles. The first-order chi connectivity index (χ1) is 7.78. The molecule has 7 heteroatoms. The number of hydrogen-bond donors (Lipinski definition) is 2. The van der Waals surface area contributed by atoms with Crippen molar-refractivity contribution in [3.63, 3.8) is 0 Å². The highest BCUT2D eigenvalue weighted by Gasteiger charge is 2.19. The van der Waals surface area contributed by atoms with E-state index in [0.29, 0.717) is 37.2 Å². The third-order valence-corrected chi connectivity index (χ3v) is 2.56. The van der Waals surface area contributed by atoms with Crippen LogP contribution in [0, 0.1) is 0 Å². The van der Waals surface area contributed by atoms with Crippen molar-refractivity contribution in [2.24, 2.45) is 0 Å². The molecule has 1 amide bonds. The predicted octanol–water partition coefficient (Wildman–Crippen LogP) is 0.541. The highest BCUT2D eigenvalue weighted by atomic mass is 35.5. The molecule has 1 saturated heterocycles. The van der Waals surface area contributed by atoms with E-state index < -0.39 is 0 Å². The van der Waals surface area contributed by atoms with Crippen molar-refractivity contribution in [1.82, 2.24) is 15.5 Å². The van der Waals surface area contributed by atoms with Crippen molar-refractivity contribution < 1.29 is 9.21 Å². The molecule has 1 atom stereocenters. The average Bonchev–Trinajstić information content (AvgIpc) is 2.70. The Balaban J connectivity index is 1.86. The quantitative estimate of drug-likeness (QED) is 0.756. The van der Waals surface area contributed by atoms with Crippen molar-refractivity contribution in [1.29, 1.82) is 0 Å². The number of aromatic nitrogens is 2. The predicted molar refractivity (Wildman–Crippen MR) is 58.4 cm³/mol. The Morgan fingerprint density at radius 2 is 2.44 bits per heavy atom. The number of nitrogens with one attached hydrogen (secondary N) is 2. The molecule has 1 fully saturated rings. The van der Waals surface area contributed by atoms with Gasteiger partial charge in [0.05, 0.1) is 0 Å². The average molecular weight is 245 g/mol. The summed E-state index contributed by atoms with van der Waals surface area (Å²) in [5.74, 6) is 1.07. The third-order valence-electron chi connectivity index (χ3n) is 2.37. The highest BCUT2D eigenvalue weighted by molar-refractivity contribution is 6.17. The van der Waals surface area contributed by atoms with E-state index >= 15 is 0 Å². The maximum Gasteiger partial charge on any atom is 0.315 e. The summed E-state index contributed by atoms with van der Waals surface area (Å²) in [4.78, 5) is 10.9. The van der Waals surface area contributed by atoms with E-state index in [-0.39, 0.29) is 11.9 Å². The Morgan fingerprint density at radius 3 is 3.12 bits per heavy atom. The number of alkyl halides is 1. The van der Waals surface area contributed by atoms with E-state index in [1.807, 2.05) is 0 Å². The number of piperidine rings is 1. The number of carbonyl (C=O) groups excluding carboxylic acids is 1. The van der Waals surface area contributed by atoms with Crippen LogP contribution in [0.4, 0.5) is 6.01 Å². The molecule has 2 N–H and O–H groups in total. The summed E-state index contributed by atoms with van der Waals surface area (Å²) in [6.45, 7) is 0.589. The second-order valence-electron chi connectivity index (χ2n) is 3.62. The number of aryl methyl sites for hydroxylation is 1. The Hall–Kier alpha value is -1.30. The van der Waals surface area contributed by atoms with Crippen molar-refractivity contribution in [2.75, 3.05) is 17.7 Å². The third kappa shape index (κ3) is 2.85. The second kappa shape index (κ2) is 5.16. The lowest BCUT2D eigenvalue weighted by Gasteiger charge is -2.22. The maximum absolute atomic E-state index is 10.9. The summed E-state index contributed by atoms with van der Waals surface area (Å²) in [6.07, 6.45) is 1.87. The molecular formula is C9H13ClN4O2. The Bertz CT molecular complexity index is 358. The van der Waals surface area contributed by atoms with Gasteiger partial charge in [-0.15, -0.1) is 16.7 Å². The molecule has 1 aliphatic heterocycles. The van der Waals surface area contributed by atoms with Gasteiger partial charge in [-0.1, -0.05) is 5.10 Å². The normalized spacial score (nSPS) is 20.6. The van der Waals surface area contributed by atoms with Gasteiger partial charge < -0.3 is 15.1 Å². The maximum atomic E-state index is 10.9. The first-order valence-electron chi connectivity index (χ1n) is 5.19. The molecule has 0 saturated carbocycles. The van der Waals surface area contributed by atoms with Crippen molar-refractivity contribution >= 4 is 23.5 Å². The van der Waals surface area contributed by atoms with Crippen LogP contribution in [-0.4, -0.2) is 34.6 Å². The van der Waals surface area contributed by atoms with E-state index in [2.05, 4.69) is 20.8 Å². The molecule has 1 aliphatic rings. The van der Waals surface area contributed by atoms with Gasteiger partial charge in [-0.25, -0.2) is 0 Å². The van der Waals surface area contributed by atoms with Gasteiger partial charge in [0.25, 0.3) is 0 Å². The molecule has 0 aromatic carbocycles. The fraction of sp³-hybridized carbons (Fsp3) is 0.667. The minimum Gasteiger partial charge on any atom is -0.408 e. The number of rotatable bonds is 4. The topological polar surface area (TPSA) is 80.1 Å². The van der Waals surface area contributed by atoms with Crippen LogP contribution in [0.25, 0.3) is 0 Å². The number of hydrogen-bond acceptors (Lipinski definition) is 5. The standard InChI is InChI=1S/C9H13ClN4O2/c10-4-3-8-13-14-9(16-8)12-6-1-2-7(15)11-5-6/h6H,1-5H2,(H,11,15)(H,12,14). The molecule has 1 aromatic heterocycles. The summed E-state index contributed by atoms with van der Waals surface area (Å²) < 4.78 is 5.32. The van der Waals surface area contributed by atoms with Gasteiger partial charge in [-0.2, -0.15) is 0 Å². The van der Waals surface area contributed by atoms with Gasteiger partial charge in [0.15, 0.2) is 0 Å². The van der Waals surface area contributed by atoms with E-state index in [1.165, 1.54) is 0 Å². The lowest BCUT2D eigenvalue weighted by molar-refractivity contribution is -0.122. The molecule has 2 rings (SSSR count). The number of anilines is 1. The Morgan fingerprint density at radius 1 is 1.56 bits per heavy atom. The molecule has 88 valence electrons. The first kappa shape index (κ1) is 11.2. The van der Waals surface area contributed by atoms with E-state index in [4.69, 9.17) is 16.0 Å². The Labute approximate surface area is 97.7 Å². The molecule has 0 radical (unpaired) electrons. The van der Waals surface area contributed by atoms with E-state index in [9.17, 15) is 4.79 Å². The van der Waals surface area contributed by atoms with Crippen LogP contribution < -0.4 is 10.6 Å². The van der Waals surface area contributed by atoms with Crippen LogP contribution in [-0.2, 0) is 11.2 Å². The van der Waals surface area contributed by atoms with Gasteiger partial charge in [0.2, 0.25) is 11.8 Å². The van der Waals surface area contributed by atoms with Gasteiger partial charge in [-0.3, -0.25) is 4.79 Å². The van der Waals surface area contributed by atoms with Crippen molar-refractivity contribution in [3.05, 3.63) is 5.89 Å². The highest BCUT2D eigenvalue weighted by Crippen LogP contribution is 2.12. The van der Waals surface area contributed by atoms with Gasteiger partial charge in [0.1, 0.15) is 0 Å². The lowest BCUT2D eigenvalue weighted by atomic mass is 10.1. The fourth-order valence-electron chi connectivity index (χ4n) is 1.52. The molecule has 1 aromatic rings. The van der Waals surface area contributed by atoms with Gasteiger partial charge in [0, 0.05) is 31.3 Å². The number of amides is 1. The zero-order valence-electron chi connectivity index (χ0n) is 8.70. The zero-order valence-corrected chi connectivity index (χ0v) is 9.46. The molecule has 6 nitrogen and oxygen atoms in total. The summed E-state index contributed by atoms with van der Waals surface area (Å²) in [5.41, 5.74) is 0. The zero-order chi connectivity index (χ0) is 11.4. The fourth-order valence-corrected chi connectivity index (χ4v) is 1.69. The molecule has 0 spiro atoms. The van der Waals surface area contributed by atoms with Gasteiger partial charge >= 0.3 is 6.01 Å². The summed E-state index contributed by atoms with van der Waals surface area (Å²) in [5, 5.41) is 13.5. The molecule has 0 aliphatic carbocycles. The largest absolute Gasteiger partial charge is 0.408 e. The van der Waals surface area contributed by atoms with Crippen LogP contribution >= 0.6 is 11.6 Å². The minimum absolute atomic E-state index is 0.0893. The first-order valence-corrected chi connectivity index (χ1v) is 5.73. The monoisotopic (exact) mass is 244 g/mol. The molecule has 16 heavy (non-hydrogen) atoms. The van der Waals surface area contributed by atoms with Crippen LogP contribution in [0.3, 0.4) is 0 Å². The second-order valence-corrected chi connectivity index (χ2v) is 4.00. The number of halogens is 1. The lowest BCUT2D eigenvalue weighted by Crippen LogP contribution is -2.41. The number of nitrogens with zero attached hydrogens (tertiary/aromatic N) is 2.